The molecule has 0 spiro atoms. The molecule has 0 bridgehead atoms. The van der Waals surface area contributed by atoms with E-state index in [-0.39, 0.29) is 30.4 Å². The van der Waals surface area contributed by atoms with Crippen molar-refractivity contribution in [2.75, 3.05) is 13.2 Å². The number of carbonyl (C=O) groups is 1. The summed E-state index contributed by atoms with van der Waals surface area (Å²) in [5, 5.41) is 14.3. The van der Waals surface area contributed by atoms with Gasteiger partial charge in [0.15, 0.2) is 5.58 Å². The topological polar surface area (TPSA) is 85.0 Å². The zero-order chi connectivity index (χ0) is 18.0. The quantitative estimate of drug-likeness (QED) is 0.910. The maximum atomic E-state index is 12.4. The molecule has 7 heteroatoms. The number of rotatable bonds is 3. The first kappa shape index (κ1) is 17.4. The van der Waals surface area contributed by atoms with Gasteiger partial charge in [-0.25, -0.2) is 4.79 Å². The molecular formula is C18H24N2O5. The number of phenolic OH excluding ortho intramolecular Hbond substituents is 1. The lowest BCUT2D eigenvalue weighted by Gasteiger charge is -2.36. The summed E-state index contributed by atoms with van der Waals surface area (Å²) < 4.78 is 16.4. The van der Waals surface area contributed by atoms with Gasteiger partial charge in [-0.3, -0.25) is 0 Å². The highest BCUT2D eigenvalue weighted by atomic mass is 16.6. The first-order valence-electron chi connectivity index (χ1n) is 8.55. The fourth-order valence-corrected chi connectivity index (χ4v) is 2.96. The highest BCUT2D eigenvalue weighted by Crippen LogP contribution is 2.33. The molecule has 1 saturated heterocycles. The number of likely N-dealkylation sites (tertiary alicyclic amines) is 1. The van der Waals surface area contributed by atoms with Crippen LogP contribution in [0.1, 0.15) is 40.0 Å². The molecule has 1 amide bonds. The van der Waals surface area contributed by atoms with Crippen LogP contribution in [0.4, 0.5) is 4.79 Å². The van der Waals surface area contributed by atoms with E-state index in [0.29, 0.717) is 17.5 Å². The Balaban J connectivity index is 1.70. The van der Waals surface area contributed by atoms with Crippen LogP contribution in [-0.2, 0) is 4.74 Å². The number of benzene rings is 1. The summed E-state index contributed by atoms with van der Waals surface area (Å²) in [6.07, 6.45) is 2.48. The van der Waals surface area contributed by atoms with Gasteiger partial charge in [0.2, 0.25) is 0 Å². The van der Waals surface area contributed by atoms with Gasteiger partial charge < -0.3 is 24.0 Å². The van der Waals surface area contributed by atoms with Crippen LogP contribution in [-0.4, -0.2) is 46.1 Å². The van der Waals surface area contributed by atoms with Crippen LogP contribution < -0.4 is 4.74 Å². The lowest BCUT2D eigenvalue weighted by atomic mass is 10.0. The molecule has 0 saturated carbocycles. The number of piperidine rings is 1. The number of hydrogen-bond donors (Lipinski definition) is 1. The Morgan fingerprint density at radius 3 is 2.96 bits per heavy atom. The van der Waals surface area contributed by atoms with Crippen LogP contribution in [0.2, 0.25) is 0 Å². The first-order chi connectivity index (χ1) is 11.8. The minimum atomic E-state index is -0.534. The number of fused-ring (bicyclic) bond motifs is 1. The molecule has 1 unspecified atom stereocenters. The molecule has 1 aliphatic heterocycles. The average molecular weight is 348 g/mol. The van der Waals surface area contributed by atoms with Gasteiger partial charge in [0.05, 0.1) is 6.04 Å². The van der Waals surface area contributed by atoms with Crippen molar-refractivity contribution < 1.29 is 23.9 Å². The highest BCUT2D eigenvalue weighted by Gasteiger charge is 2.31. The molecule has 0 radical (unpaired) electrons. The van der Waals surface area contributed by atoms with Crippen LogP contribution in [0, 0.1) is 0 Å². The van der Waals surface area contributed by atoms with Gasteiger partial charge in [-0.1, -0.05) is 6.07 Å². The second kappa shape index (κ2) is 6.82. The number of hydrogen-bond acceptors (Lipinski definition) is 6. The Morgan fingerprint density at radius 1 is 1.40 bits per heavy atom. The second-order valence-corrected chi connectivity index (χ2v) is 7.27. The largest absolute Gasteiger partial charge is 0.507 e. The summed E-state index contributed by atoms with van der Waals surface area (Å²) in [5.74, 6) is 0.296. The summed E-state index contributed by atoms with van der Waals surface area (Å²) in [4.78, 5) is 14.1. The van der Waals surface area contributed by atoms with Crippen molar-refractivity contribution in [2.45, 2.75) is 51.7 Å². The van der Waals surface area contributed by atoms with Gasteiger partial charge in [0.25, 0.3) is 5.88 Å². The van der Waals surface area contributed by atoms with Crippen molar-refractivity contribution in [3.8, 4) is 11.6 Å². The van der Waals surface area contributed by atoms with E-state index in [4.69, 9.17) is 14.0 Å². The van der Waals surface area contributed by atoms with Crippen molar-refractivity contribution in [1.82, 2.24) is 10.1 Å². The lowest BCUT2D eigenvalue weighted by molar-refractivity contribution is 0.00327. The Hall–Kier alpha value is -2.44. The van der Waals surface area contributed by atoms with Gasteiger partial charge in [-0.15, -0.1) is 0 Å². The van der Waals surface area contributed by atoms with E-state index >= 15 is 0 Å². The summed E-state index contributed by atoms with van der Waals surface area (Å²) >= 11 is 0. The minimum Gasteiger partial charge on any atom is -0.507 e. The zero-order valence-corrected chi connectivity index (χ0v) is 14.8. The third kappa shape index (κ3) is 3.97. The minimum absolute atomic E-state index is 0.0568. The average Bonchev–Trinajstić information content (AvgIpc) is 2.96. The molecular weight excluding hydrogens is 324 g/mol. The SMILES string of the molecule is CC(C)(C)OC(=O)N1CCCCC1COc1noc2cccc(O)c12. The smallest absolute Gasteiger partial charge is 0.410 e. The molecule has 136 valence electrons. The van der Waals surface area contributed by atoms with E-state index in [0.717, 1.165) is 19.3 Å². The number of aromatic hydroxyl groups is 1. The number of ether oxygens (including phenoxy) is 2. The fourth-order valence-electron chi connectivity index (χ4n) is 2.96. The summed E-state index contributed by atoms with van der Waals surface area (Å²) in [7, 11) is 0. The predicted octanol–water partition coefficient (Wildman–Crippen LogP) is 3.70. The third-order valence-corrected chi connectivity index (χ3v) is 4.11. The number of aromatic nitrogens is 1. The molecule has 1 N–H and O–H groups in total. The molecule has 1 atom stereocenters. The summed E-state index contributed by atoms with van der Waals surface area (Å²) in [6, 6.07) is 4.85. The van der Waals surface area contributed by atoms with E-state index in [1.807, 2.05) is 20.8 Å². The monoisotopic (exact) mass is 348 g/mol. The lowest BCUT2D eigenvalue weighted by Crippen LogP contribution is -2.48. The zero-order valence-electron chi connectivity index (χ0n) is 14.8. The molecule has 2 aromatic rings. The molecule has 1 fully saturated rings. The number of amides is 1. The maximum absolute atomic E-state index is 12.4. The molecule has 25 heavy (non-hydrogen) atoms. The summed E-state index contributed by atoms with van der Waals surface area (Å²) in [6.45, 7) is 6.48. The maximum Gasteiger partial charge on any atom is 0.410 e. The highest BCUT2D eigenvalue weighted by molar-refractivity contribution is 5.88. The normalized spacial score (nSPS) is 18.4. The van der Waals surface area contributed by atoms with Crippen LogP contribution in [0.5, 0.6) is 11.6 Å². The third-order valence-electron chi connectivity index (χ3n) is 4.11. The van der Waals surface area contributed by atoms with Gasteiger partial charge >= 0.3 is 6.09 Å². The van der Waals surface area contributed by atoms with Crippen molar-refractivity contribution >= 4 is 17.1 Å². The van der Waals surface area contributed by atoms with Gasteiger partial charge in [0, 0.05) is 6.54 Å². The van der Waals surface area contributed by atoms with Crippen LogP contribution in [0.25, 0.3) is 11.0 Å². The van der Waals surface area contributed by atoms with Crippen LogP contribution in [0.3, 0.4) is 0 Å². The van der Waals surface area contributed by atoms with Crippen LogP contribution >= 0.6 is 0 Å². The van der Waals surface area contributed by atoms with E-state index in [1.165, 1.54) is 0 Å². The second-order valence-electron chi connectivity index (χ2n) is 7.27. The van der Waals surface area contributed by atoms with Gasteiger partial charge in [-0.2, -0.15) is 0 Å². The van der Waals surface area contributed by atoms with E-state index in [1.54, 1.807) is 23.1 Å². The van der Waals surface area contributed by atoms with Crippen molar-refractivity contribution in [2.24, 2.45) is 0 Å². The Bertz CT molecular complexity index is 749. The molecule has 1 aromatic carbocycles. The molecule has 7 nitrogen and oxygen atoms in total. The Labute approximate surface area is 146 Å². The van der Waals surface area contributed by atoms with E-state index in [9.17, 15) is 9.90 Å². The number of phenols is 1. The summed E-state index contributed by atoms with van der Waals surface area (Å²) in [5.41, 5.74) is -0.0729. The number of nitrogens with zero attached hydrogens (tertiary/aromatic N) is 2. The predicted molar refractivity (Wildman–Crippen MR) is 91.7 cm³/mol. The van der Waals surface area contributed by atoms with Gasteiger partial charge in [-0.05, 0) is 57.3 Å². The van der Waals surface area contributed by atoms with Crippen molar-refractivity contribution in [3.05, 3.63) is 18.2 Å². The number of carbonyl (C=O) groups excluding carboxylic acids is 1. The Kier molecular flexibility index (Phi) is 4.74. The van der Waals surface area contributed by atoms with E-state index in [2.05, 4.69) is 5.16 Å². The van der Waals surface area contributed by atoms with Crippen molar-refractivity contribution in [1.29, 1.82) is 0 Å². The molecule has 0 aliphatic carbocycles. The standard InChI is InChI=1S/C18H24N2O5/c1-18(2,3)24-17(22)20-10-5-4-7-12(20)11-23-16-15-13(21)8-6-9-14(15)25-19-16/h6,8-9,12,21H,4-5,7,10-11H2,1-3H3. The molecule has 1 aliphatic rings. The molecule has 3 rings (SSSR count). The van der Waals surface area contributed by atoms with Crippen molar-refractivity contribution in [3.63, 3.8) is 0 Å². The fraction of sp³-hybridized carbons (Fsp3) is 0.556. The van der Waals surface area contributed by atoms with Crippen LogP contribution in [0.15, 0.2) is 22.7 Å². The van der Waals surface area contributed by atoms with Gasteiger partial charge in [0.1, 0.15) is 23.3 Å². The molecule has 2 heterocycles. The van der Waals surface area contributed by atoms with E-state index < -0.39 is 5.60 Å². The molecule has 1 aromatic heterocycles. The first-order valence-corrected chi connectivity index (χ1v) is 8.55. The Morgan fingerprint density at radius 2 is 2.20 bits per heavy atom.